The van der Waals surface area contributed by atoms with Gasteiger partial charge in [0.2, 0.25) is 5.91 Å². The van der Waals surface area contributed by atoms with Crippen LogP contribution in [0.3, 0.4) is 0 Å². The summed E-state index contributed by atoms with van der Waals surface area (Å²) >= 11 is 0. The van der Waals surface area contributed by atoms with E-state index in [0.717, 1.165) is 10.6 Å². The Morgan fingerprint density at radius 1 is 1.00 bits per heavy atom. The van der Waals surface area contributed by atoms with E-state index in [0.29, 0.717) is 37.4 Å². The molecule has 2 N–H and O–H groups in total. The lowest BCUT2D eigenvalue weighted by Gasteiger charge is -2.37. The SMILES string of the molecule is C[C@H](C(=O)N1CC(=O)Nc2ccccc21)[NH+]1CCN(C(=O)c2ccccc2)CC1. The molecular weight excluding hydrogens is 368 g/mol. The van der Waals surface area contributed by atoms with Crippen LogP contribution in [-0.4, -0.2) is 61.4 Å². The summed E-state index contributed by atoms with van der Waals surface area (Å²) in [6.45, 7) is 4.56. The number of nitrogens with zero attached hydrogens (tertiary/aromatic N) is 2. The topological polar surface area (TPSA) is 74.2 Å². The van der Waals surface area contributed by atoms with E-state index < -0.39 is 0 Å². The number of nitrogens with one attached hydrogen (secondary N) is 2. The molecule has 150 valence electrons. The first kappa shape index (κ1) is 19.1. The molecule has 2 aliphatic rings. The van der Waals surface area contributed by atoms with Crippen molar-refractivity contribution < 1.29 is 19.3 Å². The van der Waals surface area contributed by atoms with Gasteiger partial charge in [-0.15, -0.1) is 0 Å². The molecule has 0 unspecified atom stereocenters. The van der Waals surface area contributed by atoms with E-state index in [1.54, 1.807) is 11.0 Å². The normalized spacial score (nSPS) is 18.0. The van der Waals surface area contributed by atoms with Gasteiger partial charge in [0.05, 0.1) is 37.6 Å². The summed E-state index contributed by atoms with van der Waals surface area (Å²) in [4.78, 5) is 42.4. The van der Waals surface area contributed by atoms with Crippen molar-refractivity contribution in [2.75, 3.05) is 42.9 Å². The fraction of sp³-hybridized carbons (Fsp3) is 0.318. The summed E-state index contributed by atoms with van der Waals surface area (Å²) in [6.07, 6.45) is 0. The summed E-state index contributed by atoms with van der Waals surface area (Å²) in [5.74, 6) is -0.215. The third kappa shape index (κ3) is 3.86. The molecule has 0 bridgehead atoms. The van der Waals surface area contributed by atoms with Gasteiger partial charge in [0.1, 0.15) is 6.54 Å². The monoisotopic (exact) mass is 393 g/mol. The van der Waals surface area contributed by atoms with Crippen molar-refractivity contribution in [2.24, 2.45) is 0 Å². The highest BCUT2D eigenvalue weighted by atomic mass is 16.2. The van der Waals surface area contributed by atoms with E-state index in [-0.39, 0.29) is 30.3 Å². The van der Waals surface area contributed by atoms with Crippen LogP contribution in [0.15, 0.2) is 54.6 Å². The maximum absolute atomic E-state index is 13.2. The molecule has 2 aromatic carbocycles. The first-order chi connectivity index (χ1) is 14.0. The molecule has 2 aliphatic heterocycles. The maximum atomic E-state index is 13.2. The van der Waals surface area contributed by atoms with E-state index in [1.807, 2.05) is 60.4 Å². The van der Waals surface area contributed by atoms with Crippen molar-refractivity contribution in [3.63, 3.8) is 0 Å². The second-order valence-electron chi connectivity index (χ2n) is 7.53. The Hall–Kier alpha value is -3.19. The molecule has 3 amide bonds. The highest BCUT2D eigenvalue weighted by Crippen LogP contribution is 2.29. The Bertz CT molecular complexity index is 923. The van der Waals surface area contributed by atoms with Gasteiger partial charge in [-0.25, -0.2) is 0 Å². The maximum Gasteiger partial charge on any atom is 0.285 e. The van der Waals surface area contributed by atoms with Crippen LogP contribution in [0.2, 0.25) is 0 Å². The second-order valence-corrected chi connectivity index (χ2v) is 7.53. The molecule has 0 saturated carbocycles. The van der Waals surface area contributed by atoms with Crippen LogP contribution in [0.4, 0.5) is 11.4 Å². The number of carbonyl (C=O) groups excluding carboxylic acids is 3. The molecule has 2 aromatic rings. The zero-order valence-corrected chi connectivity index (χ0v) is 16.4. The number of carbonyl (C=O) groups is 3. The minimum absolute atomic E-state index is 0.0326. The Kier molecular flexibility index (Phi) is 5.31. The van der Waals surface area contributed by atoms with Gasteiger partial charge >= 0.3 is 0 Å². The first-order valence-corrected chi connectivity index (χ1v) is 9.94. The molecule has 4 rings (SSSR count). The van der Waals surface area contributed by atoms with Crippen molar-refractivity contribution in [2.45, 2.75) is 13.0 Å². The third-order valence-electron chi connectivity index (χ3n) is 5.73. The summed E-state index contributed by atoms with van der Waals surface area (Å²) in [6, 6.07) is 16.3. The number of benzene rings is 2. The lowest BCUT2D eigenvalue weighted by Crippen LogP contribution is -3.19. The number of amides is 3. The summed E-state index contributed by atoms with van der Waals surface area (Å²) in [7, 11) is 0. The Labute approximate surface area is 169 Å². The minimum Gasteiger partial charge on any atom is -0.327 e. The molecule has 29 heavy (non-hydrogen) atoms. The van der Waals surface area contributed by atoms with Gasteiger partial charge in [-0.1, -0.05) is 30.3 Å². The van der Waals surface area contributed by atoms with Gasteiger partial charge in [0, 0.05) is 5.56 Å². The van der Waals surface area contributed by atoms with Crippen LogP contribution in [-0.2, 0) is 9.59 Å². The van der Waals surface area contributed by atoms with Crippen LogP contribution in [0.1, 0.15) is 17.3 Å². The molecule has 2 heterocycles. The lowest BCUT2D eigenvalue weighted by atomic mass is 10.1. The average molecular weight is 393 g/mol. The highest BCUT2D eigenvalue weighted by molar-refractivity contribution is 6.10. The zero-order valence-electron chi connectivity index (χ0n) is 16.4. The predicted molar refractivity (Wildman–Crippen MR) is 110 cm³/mol. The van der Waals surface area contributed by atoms with Gasteiger partial charge in [0.15, 0.2) is 6.04 Å². The van der Waals surface area contributed by atoms with Crippen molar-refractivity contribution in [3.05, 3.63) is 60.2 Å². The molecule has 7 nitrogen and oxygen atoms in total. The summed E-state index contributed by atoms with van der Waals surface area (Å²) in [5, 5.41) is 2.81. The molecule has 7 heteroatoms. The number of hydrogen-bond acceptors (Lipinski definition) is 3. The second kappa shape index (κ2) is 8.05. The van der Waals surface area contributed by atoms with E-state index in [4.69, 9.17) is 0 Å². The van der Waals surface area contributed by atoms with Crippen LogP contribution in [0.5, 0.6) is 0 Å². The standard InChI is InChI=1S/C22H24N4O3/c1-16(21(28)26-15-20(27)23-18-9-5-6-10-19(18)26)24-11-13-25(14-12-24)22(29)17-7-3-2-4-8-17/h2-10,16H,11-15H2,1H3,(H,23,27)/p+1/t16-/m1/s1. The predicted octanol–water partition coefficient (Wildman–Crippen LogP) is 0.401. The largest absolute Gasteiger partial charge is 0.327 e. The number of quaternary nitrogens is 1. The molecule has 0 aromatic heterocycles. The summed E-state index contributed by atoms with van der Waals surface area (Å²) < 4.78 is 0. The van der Waals surface area contributed by atoms with Crippen molar-refractivity contribution in [3.8, 4) is 0 Å². The number of hydrogen-bond donors (Lipinski definition) is 2. The fourth-order valence-electron chi connectivity index (χ4n) is 4.03. The van der Waals surface area contributed by atoms with Gasteiger partial charge < -0.3 is 15.1 Å². The van der Waals surface area contributed by atoms with E-state index in [9.17, 15) is 14.4 Å². The minimum atomic E-state index is -0.289. The van der Waals surface area contributed by atoms with E-state index >= 15 is 0 Å². The van der Waals surface area contributed by atoms with Crippen molar-refractivity contribution in [1.82, 2.24) is 4.90 Å². The smallest absolute Gasteiger partial charge is 0.285 e. The number of anilines is 2. The highest BCUT2D eigenvalue weighted by Gasteiger charge is 2.36. The van der Waals surface area contributed by atoms with E-state index in [2.05, 4.69) is 5.32 Å². The van der Waals surface area contributed by atoms with Crippen LogP contribution >= 0.6 is 0 Å². The van der Waals surface area contributed by atoms with Gasteiger partial charge in [-0.3, -0.25) is 19.3 Å². The Balaban J connectivity index is 1.41. The number of para-hydroxylation sites is 2. The number of rotatable bonds is 3. The van der Waals surface area contributed by atoms with Gasteiger partial charge in [-0.05, 0) is 31.2 Å². The number of fused-ring (bicyclic) bond motifs is 1. The average Bonchev–Trinajstić information content (AvgIpc) is 2.77. The molecular formula is C22H25N4O3+. The van der Waals surface area contributed by atoms with Gasteiger partial charge in [0.25, 0.3) is 11.8 Å². The quantitative estimate of drug-likeness (QED) is 0.793. The third-order valence-corrected chi connectivity index (χ3v) is 5.73. The molecule has 0 spiro atoms. The first-order valence-electron chi connectivity index (χ1n) is 9.94. The molecule has 1 saturated heterocycles. The Morgan fingerprint density at radius 3 is 2.38 bits per heavy atom. The lowest BCUT2D eigenvalue weighted by molar-refractivity contribution is -0.917. The van der Waals surface area contributed by atoms with Crippen molar-refractivity contribution in [1.29, 1.82) is 0 Å². The van der Waals surface area contributed by atoms with Crippen molar-refractivity contribution >= 4 is 29.1 Å². The van der Waals surface area contributed by atoms with Gasteiger partial charge in [-0.2, -0.15) is 0 Å². The molecule has 1 atom stereocenters. The fourth-order valence-corrected chi connectivity index (χ4v) is 4.03. The molecule has 1 fully saturated rings. The van der Waals surface area contributed by atoms with Crippen LogP contribution in [0, 0.1) is 0 Å². The Morgan fingerprint density at radius 2 is 1.66 bits per heavy atom. The molecule has 0 radical (unpaired) electrons. The summed E-state index contributed by atoms with van der Waals surface area (Å²) in [5.41, 5.74) is 2.09. The van der Waals surface area contributed by atoms with Crippen LogP contribution in [0.25, 0.3) is 0 Å². The molecule has 0 aliphatic carbocycles. The van der Waals surface area contributed by atoms with E-state index in [1.165, 1.54) is 0 Å². The number of piperazine rings is 1. The van der Waals surface area contributed by atoms with Crippen LogP contribution < -0.4 is 15.1 Å². The zero-order chi connectivity index (χ0) is 20.4.